The van der Waals surface area contributed by atoms with Crippen LogP contribution in [0.3, 0.4) is 0 Å². The number of rotatable bonds is 6. The number of nitrogens with one attached hydrogen (secondary N) is 1. The maximum absolute atomic E-state index is 12.3. The van der Waals surface area contributed by atoms with Crippen molar-refractivity contribution < 1.29 is 19.4 Å². The molecule has 2 N–H and O–H groups in total. The number of para-hydroxylation sites is 2. The van der Waals surface area contributed by atoms with Crippen molar-refractivity contribution in [2.45, 2.75) is 0 Å². The van der Waals surface area contributed by atoms with Gasteiger partial charge in [0, 0.05) is 11.1 Å². The van der Waals surface area contributed by atoms with Crippen molar-refractivity contribution in [2.24, 2.45) is 0 Å². The molecule has 5 nitrogen and oxygen atoms in total. The standard InChI is InChI=1S/C22H17NO4/c24-21(16-9-3-1-4-10-16)23-19(22(25)26)15-17-11-7-8-14-20(17)27-18-12-5-2-6-13-18/h1-15H,(H,23,24)(H,25,26)/b19-15-. The highest BCUT2D eigenvalue weighted by Crippen LogP contribution is 2.26. The zero-order chi connectivity index (χ0) is 19.1. The molecule has 0 radical (unpaired) electrons. The van der Waals surface area contributed by atoms with E-state index in [0.29, 0.717) is 22.6 Å². The van der Waals surface area contributed by atoms with Gasteiger partial charge in [-0.05, 0) is 36.4 Å². The van der Waals surface area contributed by atoms with E-state index in [1.807, 2.05) is 18.2 Å². The number of hydrogen-bond acceptors (Lipinski definition) is 3. The largest absolute Gasteiger partial charge is 0.477 e. The van der Waals surface area contributed by atoms with E-state index in [9.17, 15) is 14.7 Å². The van der Waals surface area contributed by atoms with Gasteiger partial charge in [-0.2, -0.15) is 0 Å². The normalized spacial score (nSPS) is 10.9. The second-order valence-corrected chi connectivity index (χ2v) is 5.64. The Hall–Kier alpha value is -3.86. The first-order chi connectivity index (χ1) is 13.1. The molecule has 0 saturated heterocycles. The molecule has 0 aliphatic rings. The van der Waals surface area contributed by atoms with Crippen molar-refractivity contribution in [1.82, 2.24) is 5.32 Å². The van der Waals surface area contributed by atoms with Gasteiger partial charge in [-0.15, -0.1) is 0 Å². The fourth-order valence-corrected chi connectivity index (χ4v) is 2.40. The summed E-state index contributed by atoms with van der Waals surface area (Å²) in [4.78, 5) is 23.9. The molecule has 0 aromatic heterocycles. The number of ether oxygens (including phenoxy) is 1. The predicted molar refractivity (Wildman–Crippen MR) is 102 cm³/mol. The van der Waals surface area contributed by atoms with Gasteiger partial charge in [-0.1, -0.05) is 54.6 Å². The maximum atomic E-state index is 12.3. The molecular weight excluding hydrogens is 342 g/mol. The van der Waals surface area contributed by atoms with E-state index >= 15 is 0 Å². The Balaban J connectivity index is 1.88. The third-order valence-corrected chi connectivity index (χ3v) is 3.70. The highest BCUT2D eigenvalue weighted by Gasteiger charge is 2.14. The van der Waals surface area contributed by atoms with Crippen molar-refractivity contribution >= 4 is 18.0 Å². The molecule has 0 fully saturated rings. The summed E-state index contributed by atoms with van der Waals surface area (Å²) < 4.78 is 5.83. The molecular formula is C22H17NO4. The molecule has 27 heavy (non-hydrogen) atoms. The molecule has 0 bridgehead atoms. The van der Waals surface area contributed by atoms with E-state index < -0.39 is 11.9 Å². The van der Waals surface area contributed by atoms with E-state index in [1.54, 1.807) is 66.7 Å². The van der Waals surface area contributed by atoms with Gasteiger partial charge in [0.25, 0.3) is 5.91 Å². The average molecular weight is 359 g/mol. The Labute approximate surface area is 156 Å². The molecule has 1 amide bonds. The minimum absolute atomic E-state index is 0.243. The van der Waals surface area contributed by atoms with Crippen LogP contribution < -0.4 is 10.1 Å². The topological polar surface area (TPSA) is 75.6 Å². The number of amides is 1. The lowest BCUT2D eigenvalue weighted by Gasteiger charge is -2.10. The minimum Gasteiger partial charge on any atom is -0.477 e. The fraction of sp³-hybridized carbons (Fsp3) is 0. The third kappa shape index (κ3) is 4.83. The van der Waals surface area contributed by atoms with Crippen LogP contribution in [0.2, 0.25) is 0 Å². The summed E-state index contributed by atoms with van der Waals surface area (Å²) >= 11 is 0. The molecule has 0 aliphatic carbocycles. The van der Waals surface area contributed by atoms with Crippen LogP contribution in [-0.2, 0) is 4.79 Å². The molecule has 3 rings (SSSR count). The Bertz CT molecular complexity index is 966. The lowest BCUT2D eigenvalue weighted by Crippen LogP contribution is -2.27. The number of carboxylic acids is 1. The van der Waals surface area contributed by atoms with Gasteiger partial charge in [-0.3, -0.25) is 4.79 Å². The van der Waals surface area contributed by atoms with Crippen LogP contribution in [0.25, 0.3) is 6.08 Å². The Morgan fingerprint density at radius 3 is 2.07 bits per heavy atom. The predicted octanol–water partition coefficient (Wildman–Crippen LogP) is 4.33. The monoisotopic (exact) mass is 359 g/mol. The van der Waals surface area contributed by atoms with Crippen LogP contribution in [0.15, 0.2) is 90.6 Å². The summed E-state index contributed by atoms with van der Waals surface area (Å²) in [5.41, 5.74) is 0.665. The Morgan fingerprint density at radius 2 is 1.41 bits per heavy atom. The molecule has 3 aromatic rings. The van der Waals surface area contributed by atoms with Gasteiger partial charge in [0.05, 0.1) is 0 Å². The Morgan fingerprint density at radius 1 is 0.815 bits per heavy atom. The van der Waals surface area contributed by atoms with Crippen molar-refractivity contribution in [3.63, 3.8) is 0 Å². The Kier molecular flexibility index (Phi) is 5.64. The first-order valence-corrected chi connectivity index (χ1v) is 8.27. The highest BCUT2D eigenvalue weighted by atomic mass is 16.5. The van der Waals surface area contributed by atoms with Crippen LogP contribution >= 0.6 is 0 Å². The first kappa shape index (κ1) is 17.9. The number of hydrogen-bond donors (Lipinski definition) is 2. The van der Waals surface area contributed by atoms with Crippen molar-refractivity contribution in [3.05, 3.63) is 102 Å². The lowest BCUT2D eigenvalue weighted by atomic mass is 10.1. The molecule has 5 heteroatoms. The summed E-state index contributed by atoms with van der Waals surface area (Å²) in [5.74, 6) is -0.625. The fourth-order valence-electron chi connectivity index (χ4n) is 2.40. The maximum Gasteiger partial charge on any atom is 0.352 e. The van der Waals surface area contributed by atoms with Crippen molar-refractivity contribution in [2.75, 3.05) is 0 Å². The van der Waals surface area contributed by atoms with Crippen LogP contribution in [0.5, 0.6) is 11.5 Å². The lowest BCUT2D eigenvalue weighted by molar-refractivity contribution is -0.132. The van der Waals surface area contributed by atoms with Crippen LogP contribution in [0, 0.1) is 0 Å². The highest BCUT2D eigenvalue weighted by molar-refractivity contribution is 6.02. The molecule has 0 heterocycles. The molecule has 0 saturated carbocycles. The molecule has 0 spiro atoms. The first-order valence-electron chi connectivity index (χ1n) is 8.27. The van der Waals surface area contributed by atoms with E-state index in [2.05, 4.69) is 5.32 Å². The number of carboxylic acid groups (broad SMARTS) is 1. The van der Waals surface area contributed by atoms with Gasteiger partial charge in [-0.25, -0.2) is 4.79 Å². The summed E-state index contributed by atoms with van der Waals surface area (Å²) in [5, 5.41) is 11.9. The van der Waals surface area contributed by atoms with Gasteiger partial charge < -0.3 is 15.2 Å². The summed E-state index contributed by atoms with van der Waals surface area (Å²) in [6.07, 6.45) is 1.38. The van der Waals surface area contributed by atoms with Gasteiger partial charge >= 0.3 is 5.97 Å². The van der Waals surface area contributed by atoms with E-state index in [-0.39, 0.29) is 5.70 Å². The second-order valence-electron chi connectivity index (χ2n) is 5.64. The molecule has 134 valence electrons. The minimum atomic E-state index is -1.24. The van der Waals surface area contributed by atoms with E-state index in [1.165, 1.54) is 6.08 Å². The van der Waals surface area contributed by atoms with Crippen LogP contribution in [-0.4, -0.2) is 17.0 Å². The van der Waals surface area contributed by atoms with E-state index in [4.69, 9.17) is 4.74 Å². The summed E-state index contributed by atoms with van der Waals surface area (Å²) in [6.45, 7) is 0. The van der Waals surface area contributed by atoms with Crippen molar-refractivity contribution in [1.29, 1.82) is 0 Å². The van der Waals surface area contributed by atoms with Gasteiger partial charge in [0.15, 0.2) is 0 Å². The van der Waals surface area contributed by atoms with E-state index in [0.717, 1.165) is 0 Å². The SMILES string of the molecule is O=C(O)/C(=C/c1ccccc1Oc1ccccc1)NC(=O)c1ccccc1. The van der Waals surface area contributed by atoms with Crippen LogP contribution in [0.4, 0.5) is 0 Å². The second kappa shape index (κ2) is 8.49. The van der Waals surface area contributed by atoms with Crippen molar-refractivity contribution in [3.8, 4) is 11.5 Å². The number of aliphatic carboxylic acids is 1. The third-order valence-electron chi connectivity index (χ3n) is 3.70. The van der Waals surface area contributed by atoms with Gasteiger partial charge in [0.1, 0.15) is 17.2 Å². The van der Waals surface area contributed by atoms with Crippen LogP contribution in [0.1, 0.15) is 15.9 Å². The quantitative estimate of drug-likeness (QED) is 0.642. The summed E-state index contributed by atoms with van der Waals surface area (Å²) in [6, 6.07) is 24.6. The molecule has 0 unspecified atom stereocenters. The zero-order valence-electron chi connectivity index (χ0n) is 14.3. The molecule has 3 aromatic carbocycles. The number of carbonyl (C=O) groups excluding carboxylic acids is 1. The smallest absolute Gasteiger partial charge is 0.352 e. The molecule has 0 aliphatic heterocycles. The molecule has 0 atom stereocenters. The summed E-state index contributed by atoms with van der Waals surface area (Å²) in [7, 11) is 0. The average Bonchev–Trinajstić information content (AvgIpc) is 2.70. The zero-order valence-corrected chi connectivity index (χ0v) is 14.3. The number of benzene rings is 3. The van der Waals surface area contributed by atoms with Gasteiger partial charge in [0.2, 0.25) is 0 Å². The number of carbonyl (C=O) groups is 2.